The largest absolute Gasteiger partial charge is 0.481 e. The summed E-state index contributed by atoms with van der Waals surface area (Å²) in [4.78, 5) is 22.5. The van der Waals surface area contributed by atoms with Crippen LogP contribution in [-0.4, -0.2) is 39.0 Å². The molecule has 3 aromatic rings. The Morgan fingerprint density at radius 1 is 1.12 bits per heavy atom. The van der Waals surface area contributed by atoms with Crippen LogP contribution in [0, 0.1) is 5.92 Å². The van der Waals surface area contributed by atoms with Crippen molar-refractivity contribution in [2.75, 3.05) is 13.1 Å². The first-order chi connectivity index (χ1) is 12.2. The molecule has 25 heavy (non-hydrogen) atoms. The minimum absolute atomic E-state index is 0.0284. The van der Waals surface area contributed by atoms with Gasteiger partial charge in [0.05, 0.1) is 11.4 Å². The van der Waals surface area contributed by atoms with Gasteiger partial charge in [0, 0.05) is 49.5 Å². The molecule has 126 valence electrons. The summed E-state index contributed by atoms with van der Waals surface area (Å²) in [5.74, 6) is -1.17. The minimum atomic E-state index is -0.740. The molecule has 0 saturated carbocycles. The fourth-order valence-corrected chi connectivity index (χ4v) is 3.74. The second kappa shape index (κ2) is 6.61. The molecule has 1 fully saturated rings. The molecule has 0 bridgehead atoms. The Morgan fingerprint density at radius 3 is 2.80 bits per heavy atom. The Morgan fingerprint density at radius 2 is 2.00 bits per heavy atom. The van der Waals surface area contributed by atoms with E-state index in [-0.39, 0.29) is 5.92 Å². The number of carbonyl (C=O) groups is 1. The molecule has 0 radical (unpaired) electrons. The van der Waals surface area contributed by atoms with Crippen molar-refractivity contribution in [3.63, 3.8) is 0 Å². The third kappa shape index (κ3) is 3.10. The Hall–Kier alpha value is -2.79. The maximum atomic E-state index is 11.7. The van der Waals surface area contributed by atoms with Gasteiger partial charge in [-0.05, 0) is 29.3 Å². The van der Waals surface area contributed by atoms with Crippen LogP contribution in [0.4, 0.5) is 0 Å². The second-order valence-electron chi connectivity index (χ2n) is 6.52. The zero-order chi connectivity index (χ0) is 17.2. The highest BCUT2D eigenvalue weighted by molar-refractivity contribution is 5.81. The van der Waals surface area contributed by atoms with Gasteiger partial charge in [-0.15, -0.1) is 0 Å². The third-order valence-corrected chi connectivity index (χ3v) is 4.96. The van der Waals surface area contributed by atoms with E-state index >= 15 is 0 Å². The van der Waals surface area contributed by atoms with Gasteiger partial charge in [0.1, 0.15) is 0 Å². The molecule has 1 N–H and O–H groups in total. The lowest BCUT2D eigenvalue weighted by molar-refractivity contribution is -0.141. The van der Waals surface area contributed by atoms with Crippen molar-refractivity contribution in [3.05, 3.63) is 72.2 Å². The Kier molecular flexibility index (Phi) is 4.15. The van der Waals surface area contributed by atoms with Crippen LogP contribution in [0.15, 0.2) is 61.1 Å². The molecule has 0 aliphatic carbocycles. The smallest absolute Gasteiger partial charge is 0.308 e. The van der Waals surface area contributed by atoms with Crippen molar-refractivity contribution in [3.8, 4) is 0 Å². The first-order valence-corrected chi connectivity index (χ1v) is 8.40. The molecule has 0 spiro atoms. The summed E-state index contributed by atoms with van der Waals surface area (Å²) in [5, 5.41) is 10.8. The van der Waals surface area contributed by atoms with Crippen molar-refractivity contribution in [2.24, 2.45) is 5.92 Å². The third-order valence-electron chi connectivity index (χ3n) is 4.96. The normalized spacial score (nSPS) is 20.8. The molecule has 1 aromatic carbocycles. The summed E-state index contributed by atoms with van der Waals surface area (Å²) in [6.07, 6.45) is 5.29. The molecule has 1 aliphatic rings. The highest BCUT2D eigenvalue weighted by atomic mass is 16.4. The average Bonchev–Trinajstić information content (AvgIpc) is 3.07. The zero-order valence-corrected chi connectivity index (χ0v) is 13.7. The van der Waals surface area contributed by atoms with E-state index in [4.69, 9.17) is 0 Å². The number of pyridine rings is 2. The van der Waals surface area contributed by atoms with Crippen LogP contribution in [0.25, 0.3) is 10.9 Å². The SMILES string of the molecule is O=C(O)[C@@H]1CN(Cc2cccc3ncccc23)C[C@H]1c1cccnc1. The highest BCUT2D eigenvalue weighted by Crippen LogP contribution is 2.34. The lowest BCUT2D eigenvalue weighted by Crippen LogP contribution is -2.23. The molecular weight excluding hydrogens is 314 g/mol. The molecule has 0 amide bonds. The number of rotatable bonds is 4. The van der Waals surface area contributed by atoms with Crippen LogP contribution in [0.2, 0.25) is 0 Å². The number of likely N-dealkylation sites (tertiary alicyclic amines) is 1. The van der Waals surface area contributed by atoms with E-state index in [1.54, 1.807) is 18.6 Å². The number of carboxylic acid groups (broad SMARTS) is 1. The average molecular weight is 333 g/mol. The van der Waals surface area contributed by atoms with Gasteiger partial charge < -0.3 is 5.11 Å². The lowest BCUT2D eigenvalue weighted by Gasteiger charge is -2.17. The van der Waals surface area contributed by atoms with E-state index in [0.717, 1.165) is 29.6 Å². The van der Waals surface area contributed by atoms with Crippen LogP contribution in [0.3, 0.4) is 0 Å². The van der Waals surface area contributed by atoms with Crippen molar-refractivity contribution in [1.29, 1.82) is 0 Å². The Balaban J connectivity index is 1.60. The maximum Gasteiger partial charge on any atom is 0.308 e. The summed E-state index contributed by atoms with van der Waals surface area (Å²) < 4.78 is 0. The van der Waals surface area contributed by atoms with E-state index in [2.05, 4.69) is 27.0 Å². The quantitative estimate of drug-likeness (QED) is 0.795. The standard InChI is InChI=1S/C20H19N3O2/c24-20(25)18-13-23(12-17(18)14-5-2-8-21-10-14)11-15-4-1-7-19-16(15)6-3-9-22-19/h1-10,17-18H,11-13H2,(H,24,25)/t17-,18+/m0/s1. The number of hydrogen-bond acceptors (Lipinski definition) is 4. The number of aliphatic carboxylic acids is 1. The number of nitrogens with zero attached hydrogens (tertiary/aromatic N) is 3. The van der Waals surface area contributed by atoms with E-state index in [1.165, 1.54) is 5.56 Å². The van der Waals surface area contributed by atoms with Gasteiger partial charge in [-0.3, -0.25) is 19.7 Å². The summed E-state index contributed by atoms with van der Waals surface area (Å²) >= 11 is 0. The van der Waals surface area contributed by atoms with E-state index in [9.17, 15) is 9.90 Å². The van der Waals surface area contributed by atoms with Crippen LogP contribution in [0.5, 0.6) is 0 Å². The molecule has 1 saturated heterocycles. The first-order valence-electron chi connectivity index (χ1n) is 8.40. The molecule has 0 unspecified atom stereocenters. The first kappa shape index (κ1) is 15.7. The topological polar surface area (TPSA) is 66.3 Å². The molecule has 4 rings (SSSR count). The number of benzene rings is 1. The molecule has 5 heteroatoms. The number of aromatic nitrogens is 2. The Labute approximate surface area is 146 Å². The van der Waals surface area contributed by atoms with Crippen LogP contribution < -0.4 is 0 Å². The molecular formula is C20H19N3O2. The van der Waals surface area contributed by atoms with E-state index < -0.39 is 11.9 Å². The molecule has 1 aliphatic heterocycles. The van der Waals surface area contributed by atoms with Gasteiger partial charge in [0.15, 0.2) is 0 Å². The van der Waals surface area contributed by atoms with Crippen molar-refractivity contribution >= 4 is 16.9 Å². The monoisotopic (exact) mass is 333 g/mol. The van der Waals surface area contributed by atoms with Crippen LogP contribution in [-0.2, 0) is 11.3 Å². The predicted molar refractivity (Wildman–Crippen MR) is 95.1 cm³/mol. The van der Waals surface area contributed by atoms with E-state index in [1.807, 2.05) is 30.3 Å². The van der Waals surface area contributed by atoms with Gasteiger partial charge >= 0.3 is 5.97 Å². The van der Waals surface area contributed by atoms with Gasteiger partial charge in [-0.2, -0.15) is 0 Å². The van der Waals surface area contributed by atoms with Gasteiger partial charge in [0.2, 0.25) is 0 Å². The summed E-state index contributed by atoms with van der Waals surface area (Å²) in [7, 11) is 0. The number of hydrogen-bond donors (Lipinski definition) is 1. The number of carboxylic acids is 1. The maximum absolute atomic E-state index is 11.7. The fraction of sp³-hybridized carbons (Fsp3) is 0.250. The summed E-state index contributed by atoms with van der Waals surface area (Å²) in [6.45, 7) is 1.99. The van der Waals surface area contributed by atoms with Crippen molar-refractivity contribution in [1.82, 2.24) is 14.9 Å². The van der Waals surface area contributed by atoms with Crippen molar-refractivity contribution in [2.45, 2.75) is 12.5 Å². The second-order valence-corrected chi connectivity index (χ2v) is 6.52. The predicted octanol–water partition coefficient (Wildman–Crippen LogP) is 2.93. The molecule has 5 nitrogen and oxygen atoms in total. The van der Waals surface area contributed by atoms with Gasteiger partial charge in [-0.1, -0.05) is 24.3 Å². The van der Waals surface area contributed by atoms with Crippen LogP contribution >= 0.6 is 0 Å². The molecule has 2 aromatic heterocycles. The fourth-order valence-electron chi connectivity index (χ4n) is 3.74. The summed E-state index contributed by atoms with van der Waals surface area (Å²) in [6, 6.07) is 14.0. The van der Waals surface area contributed by atoms with Gasteiger partial charge in [0.25, 0.3) is 0 Å². The molecule has 2 atom stereocenters. The zero-order valence-electron chi connectivity index (χ0n) is 13.7. The summed E-state index contributed by atoms with van der Waals surface area (Å²) in [5.41, 5.74) is 3.15. The van der Waals surface area contributed by atoms with Crippen LogP contribution in [0.1, 0.15) is 17.0 Å². The lowest BCUT2D eigenvalue weighted by atomic mass is 9.90. The Bertz CT molecular complexity index is 892. The van der Waals surface area contributed by atoms with Gasteiger partial charge in [-0.25, -0.2) is 0 Å². The van der Waals surface area contributed by atoms with Crippen molar-refractivity contribution < 1.29 is 9.90 Å². The minimum Gasteiger partial charge on any atom is -0.481 e. The highest BCUT2D eigenvalue weighted by Gasteiger charge is 2.38. The number of fused-ring (bicyclic) bond motifs is 1. The van der Waals surface area contributed by atoms with E-state index in [0.29, 0.717) is 6.54 Å². The molecule has 3 heterocycles.